The number of fused-ring (bicyclic) bond motifs is 1. The van der Waals surface area contributed by atoms with E-state index in [-0.39, 0.29) is 145 Å². The van der Waals surface area contributed by atoms with Gasteiger partial charge in [-0.15, -0.1) is 12.4 Å². The Bertz CT molecular complexity index is 6230. The van der Waals surface area contributed by atoms with E-state index >= 15 is 0 Å². The average molecular weight is 1980 g/mol. The zero-order valence-corrected chi connectivity index (χ0v) is 83.6. The van der Waals surface area contributed by atoms with Gasteiger partial charge in [0.2, 0.25) is 44.7 Å². The quantitative estimate of drug-likeness (QED) is 0.0162. The number of amides is 3. The molecule has 0 spiro atoms. The van der Waals surface area contributed by atoms with Crippen LogP contribution in [-0.4, -0.2) is 100 Å². The van der Waals surface area contributed by atoms with Crippen LogP contribution in [0.3, 0.4) is 0 Å². The fourth-order valence-corrected chi connectivity index (χ4v) is 13.5. The fourth-order valence-electron chi connectivity index (χ4n) is 12.6. The Balaban J connectivity index is 0.000000269. The van der Waals surface area contributed by atoms with Gasteiger partial charge in [-0.2, -0.15) is 0 Å². The first-order valence-electron chi connectivity index (χ1n) is 43.3. The van der Waals surface area contributed by atoms with Crippen LogP contribution in [0.1, 0.15) is 195 Å². The minimum absolute atomic E-state index is 0. The number of ether oxygens (including phenoxy) is 7. The molecule has 0 saturated heterocycles. The summed E-state index contributed by atoms with van der Waals surface area (Å²) in [6.45, 7) is 26.3. The molecule has 0 bridgehead atoms. The van der Waals surface area contributed by atoms with Crippen LogP contribution in [0, 0.1) is 21.7 Å². The van der Waals surface area contributed by atoms with E-state index in [0.717, 1.165) is 45.2 Å². The number of halogens is 5. The molecule has 5 heterocycles. The number of aliphatic hydroxyl groups excluding tert-OH is 2. The summed E-state index contributed by atoms with van der Waals surface area (Å²) in [5.74, 6) is -3.01. The molecule has 137 heavy (non-hydrogen) atoms. The Hall–Kier alpha value is -12.0. The molecule has 7 aromatic carbocycles. The average Bonchev–Trinajstić information content (AvgIpc) is 0.761. The molecule has 3 atom stereocenters. The van der Waals surface area contributed by atoms with Gasteiger partial charge in [0.15, 0.2) is 35.3 Å². The van der Waals surface area contributed by atoms with Gasteiger partial charge in [0.25, 0.3) is 23.3 Å². The van der Waals surface area contributed by atoms with Crippen molar-refractivity contribution in [3.63, 3.8) is 0 Å². The molecule has 0 saturated carbocycles. The summed E-state index contributed by atoms with van der Waals surface area (Å²) in [6.07, 6.45) is 6.34. The summed E-state index contributed by atoms with van der Waals surface area (Å²) in [4.78, 5) is 113. The highest BCUT2D eigenvalue weighted by atomic mass is 35.5. The largest absolute Gasteiger partial charge is 0.503 e. The van der Waals surface area contributed by atoms with Crippen LogP contribution >= 0.6 is 58.8 Å². The van der Waals surface area contributed by atoms with Gasteiger partial charge in [0.1, 0.15) is 26.1 Å². The molecule has 3 amide bonds. The maximum Gasteiger partial charge on any atom is 0.291 e. The van der Waals surface area contributed by atoms with Gasteiger partial charge in [0, 0.05) is 128 Å². The van der Waals surface area contributed by atoms with Crippen LogP contribution < -0.4 is 63.2 Å². The third-order valence-electron chi connectivity index (χ3n) is 20.7. The molecule has 5 aromatic heterocycles. The van der Waals surface area contributed by atoms with E-state index in [1.54, 1.807) is 120 Å². The molecule has 0 aliphatic heterocycles. The van der Waals surface area contributed by atoms with E-state index < -0.39 is 74.6 Å². The van der Waals surface area contributed by atoms with Gasteiger partial charge in [-0.05, 0) is 110 Å². The minimum atomic E-state index is -1.12. The van der Waals surface area contributed by atoms with Crippen molar-refractivity contribution in [2.75, 3.05) is 35.0 Å². The van der Waals surface area contributed by atoms with Crippen molar-refractivity contribution in [2.24, 2.45) is 27.4 Å². The van der Waals surface area contributed by atoms with E-state index in [1.807, 2.05) is 184 Å². The number of carbonyl (C=O) groups excluding carboxylic acids is 4. The fraction of sp³-hybridized carbons (Fsp3) is 0.337. The number of carbonyl (C=O) groups is 4. The Kier molecular flexibility index (Phi) is 45.0. The molecular formula is C104H122Cl5N7O21. The smallest absolute Gasteiger partial charge is 0.291 e. The van der Waals surface area contributed by atoms with Crippen molar-refractivity contribution in [3.8, 4) is 23.0 Å². The summed E-state index contributed by atoms with van der Waals surface area (Å²) in [6, 6.07) is 57.8. The number of hydrogen-bond acceptors (Lipinski definition) is 22. The van der Waals surface area contributed by atoms with Gasteiger partial charge >= 0.3 is 0 Å². The number of hydrogen-bond donors (Lipinski definition) is 7. The first-order valence-corrected chi connectivity index (χ1v) is 44.8. The number of aldehydes is 1. The second-order valence-corrected chi connectivity index (χ2v) is 37.4. The molecule has 0 radical (unpaired) electrons. The van der Waals surface area contributed by atoms with Crippen LogP contribution in [0.25, 0.3) is 5.52 Å². The van der Waals surface area contributed by atoms with Gasteiger partial charge in [-0.3, -0.25) is 38.4 Å². The van der Waals surface area contributed by atoms with Crippen molar-refractivity contribution >= 4 is 88.3 Å². The number of aliphatic hydroxyl groups is 2. The van der Waals surface area contributed by atoms with Crippen LogP contribution in [-0.2, 0) is 76.3 Å². The molecule has 0 aliphatic carbocycles. The van der Waals surface area contributed by atoms with Crippen LogP contribution in [0.15, 0.2) is 264 Å². The van der Waals surface area contributed by atoms with Gasteiger partial charge in [-0.1, -0.05) is 276 Å². The Labute approximate surface area is 823 Å². The first kappa shape index (κ1) is 114. The predicted octanol–water partition coefficient (Wildman–Crippen LogP) is 18.6. The highest BCUT2D eigenvalue weighted by Crippen LogP contribution is 2.37. The predicted molar refractivity (Wildman–Crippen MR) is 535 cm³/mol. The summed E-state index contributed by atoms with van der Waals surface area (Å²) in [7, 11) is 6.07. The Morgan fingerprint density at radius 1 is 0.460 bits per heavy atom. The number of nitrogens with zero attached hydrogens (tertiary/aromatic N) is 3. The number of rotatable bonds is 30. The maximum absolute atomic E-state index is 13.7. The third-order valence-corrected chi connectivity index (χ3v) is 21.6. The van der Waals surface area contributed by atoms with E-state index in [0.29, 0.717) is 32.2 Å². The molecule has 8 N–H and O–H groups in total. The molecule has 33 heteroatoms. The Morgan fingerprint density at radius 3 is 1.23 bits per heavy atom. The number of nitrogens with two attached hydrogens (primary N) is 1. The molecule has 734 valence electrons. The lowest BCUT2D eigenvalue weighted by Gasteiger charge is -2.28. The van der Waals surface area contributed by atoms with Crippen molar-refractivity contribution in [3.05, 3.63) is 376 Å². The SMILES string of the molecule is CC(C)(C)C(O)c1cn2ccn(Cc3cccc(Cl)c3)c(=O)c2c(O)c1=O.CC(C)(C)C=O.CC(c1coc(C(=O)NCc2cccc(Cl)c2)c(OCc2ccccc2)c1=O)C(C)(C)C.COC(CN)OC.COC(Cn1cc(C(O)C(C)(C)C)c(=O)c(OCc2ccccc2)c1C(=O)NCc1cccc(Cl)c1)OC.Cl.O=C(NCc1cccc(Cl)c1)c1occc(=O)c1OCc1ccccc1. The zero-order valence-electron chi connectivity index (χ0n) is 79.8. The monoisotopic (exact) mass is 1980 g/mol. The normalized spacial score (nSPS) is 11.9. The number of aromatic nitrogens is 3. The van der Waals surface area contributed by atoms with Gasteiger partial charge < -0.3 is 97.3 Å². The second-order valence-electron chi connectivity index (χ2n) is 35.7. The van der Waals surface area contributed by atoms with E-state index in [4.69, 9.17) is 94.1 Å². The number of benzene rings is 7. The molecule has 12 rings (SSSR count). The number of methoxy groups -OCH3 is 4. The molecular weight excluding hydrogens is 1860 g/mol. The van der Waals surface area contributed by atoms with Crippen LogP contribution in [0.5, 0.6) is 23.0 Å². The number of nitrogens with one attached hydrogen (secondary N) is 3. The maximum atomic E-state index is 13.7. The highest BCUT2D eigenvalue weighted by molar-refractivity contribution is 6.31. The van der Waals surface area contributed by atoms with Crippen molar-refractivity contribution < 1.29 is 76.5 Å². The lowest BCUT2D eigenvalue weighted by atomic mass is 9.78. The molecule has 3 unspecified atom stereocenters. The van der Waals surface area contributed by atoms with Crippen molar-refractivity contribution in [1.82, 2.24) is 29.5 Å². The number of pyridine rings is 2. The van der Waals surface area contributed by atoms with Crippen molar-refractivity contribution in [1.29, 1.82) is 0 Å². The summed E-state index contributed by atoms with van der Waals surface area (Å²) < 4.78 is 52.8. The summed E-state index contributed by atoms with van der Waals surface area (Å²) >= 11 is 24.0. The lowest BCUT2D eigenvalue weighted by Crippen LogP contribution is -2.35. The summed E-state index contributed by atoms with van der Waals surface area (Å²) in [5, 5.41) is 42.5. The number of aromatic hydroxyl groups is 1. The minimum Gasteiger partial charge on any atom is -0.503 e. The molecule has 12 aromatic rings. The van der Waals surface area contributed by atoms with E-state index in [9.17, 15) is 58.5 Å². The van der Waals surface area contributed by atoms with Crippen LogP contribution in [0.2, 0.25) is 20.1 Å². The van der Waals surface area contributed by atoms with E-state index in [2.05, 4.69) is 16.0 Å². The molecule has 28 nitrogen and oxygen atoms in total. The molecule has 0 aliphatic rings. The lowest BCUT2D eigenvalue weighted by molar-refractivity contribution is -0.114. The third kappa shape index (κ3) is 35.2. The van der Waals surface area contributed by atoms with Crippen molar-refractivity contribution in [2.45, 2.75) is 173 Å². The second kappa shape index (κ2) is 54.2. The summed E-state index contributed by atoms with van der Waals surface area (Å²) in [5.41, 5.74) is 7.38. The zero-order chi connectivity index (χ0) is 100. The topological polar surface area (TPSA) is 382 Å². The van der Waals surface area contributed by atoms with Crippen LogP contribution in [0.4, 0.5) is 0 Å². The van der Waals surface area contributed by atoms with E-state index in [1.165, 1.54) is 58.7 Å². The van der Waals surface area contributed by atoms with Gasteiger partial charge in [0.05, 0.1) is 37.8 Å². The molecule has 0 fully saturated rings. The van der Waals surface area contributed by atoms with Gasteiger partial charge in [-0.25, -0.2) is 0 Å². The standard InChI is InChI=1S/C29H35ClN2O6.C26H28ClNO4.C20H21ClN2O4.C20H16ClNO4.C5H10O.C4H11NO2.ClH/c1-29(2,3)27(34)22-16-32(17-23(36-4)37-5)24(28(35)31-15-20-12-9-13-21(30)14-20)26(25(22)33)38-18-19-10-7-6-8-11-19;1-17(26(2,3)4)21-16-32-24(25(30)28-14-19-11-8-12-20(27)13-19)23(22(21)29)31-15-18-9-6-5-7-10-18;1-20(2,3)18(26)14-11-22-7-8-23(10-12-5-4-6-13(21)9-12)19(27)15(22)17(25)16(14)24;21-16-8-4-7-15(11-16)12-22-20(24)19-18(17(23)9-10-25-19)26-13-14-5-2-1-3-6-14;1-5(2,3)4-6;1-6-4(3-5)7-2;/h6-14,16,23,27,34H,15,17-18H2,1-5H3,(H,31,35);5-13,16-17H,14-15H2,1-4H3,(H,28,30);4-9,11,18,25-26H,10H2,1-3H3;1-11H,12-13H2,(H,22,24);4H,1-3H3;4H,3,5H2,1-2H3;1H. The highest BCUT2D eigenvalue weighted by Gasteiger charge is 2.35. The Morgan fingerprint density at radius 2 is 0.839 bits per heavy atom. The first-order chi connectivity index (χ1) is 64.3.